The van der Waals surface area contributed by atoms with Gasteiger partial charge in [0, 0.05) is 58.8 Å². The van der Waals surface area contributed by atoms with Crippen LogP contribution in [-0.2, 0) is 16.0 Å². The molecule has 1 aliphatic heterocycles. The Kier molecular flexibility index (Phi) is 11.4. The number of guanidine groups is 1. The van der Waals surface area contributed by atoms with Gasteiger partial charge in [0.05, 0.1) is 6.54 Å². The fourth-order valence-electron chi connectivity index (χ4n) is 3.30. The first kappa shape index (κ1) is 23.4. The van der Waals surface area contributed by atoms with Crippen LogP contribution in [0.2, 0.25) is 0 Å². The zero-order valence-electron chi connectivity index (χ0n) is 18.5. The van der Waals surface area contributed by atoms with E-state index in [9.17, 15) is 0 Å². The lowest BCUT2D eigenvalue weighted by Crippen LogP contribution is -2.38. The molecule has 0 aliphatic carbocycles. The first-order valence-electron chi connectivity index (χ1n) is 11.1. The topological polar surface area (TPSA) is 71.0 Å². The van der Waals surface area contributed by atoms with E-state index in [0.29, 0.717) is 12.5 Å². The summed E-state index contributed by atoms with van der Waals surface area (Å²) in [6.45, 7) is 14.0. The molecule has 164 valence electrons. The molecule has 1 aromatic rings. The number of hydrogen-bond acceptors (Lipinski definition) is 5. The second-order valence-electron chi connectivity index (χ2n) is 7.30. The van der Waals surface area contributed by atoms with Gasteiger partial charge in [-0.25, -0.2) is 9.98 Å². The van der Waals surface area contributed by atoms with E-state index >= 15 is 0 Å². The van der Waals surface area contributed by atoms with Gasteiger partial charge < -0.3 is 25.0 Å². The molecule has 0 atom stereocenters. The molecule has 1 aromatic heterocycles. The number of hydrogen-bond donors (Lipinski definition) is 2. The molecule has 0 unspecified atom stereocenters. The van der Waals surface area contributed by atoms with Crippen LogP contribution in [0.15, 0.2) is 23.3 Å². The Bertz CT molecular complexity index is 569. The van der Waals surface area contributed by atoms with Gasteiger partial charge in [-0.2, -0.15) is 0 Å². The summed E-state index contributed by atoms with van der Waals surface area (Å²) in [6, 6.07) is 4.19. The molecule has 29 heavy (non-hydrogen) atoms. The van der Waals surface area contributed by atoms with Crippen LogP contribution >= 0.6 is 0 Å². The monoisotopic (exact) mass is 405 g/mol. The van der Waals surface area contributed by atoms with Gasteiger partial charge in [-0.1, -0.05) is 6.07 Å². The molecule has 1 aliphatic rings. The number of rotatable bonds is 12. The Balaban J connectivity index is 1.68. The summed E-state index contributed by atoms with van der Waals surface area (Å²) < 4.78 is 11.2. The van der Waals surface area contributed by atoms with E-state index in [1.165, 1.54) is 0 Å². The molecule has 0 spiro atoms. The van der Waals surface area contributed by atoms with E-state index in [1.807, 2.05) is 6.20 Å². The summed E-state index contributed by atoms with van der Waals surface area (Å²) in [5.41, 5.74) is 1.11. The van der Waals surface area contributed by atoms with Crippen molar-refractivity contribution in [1.29, 1.82) is 0 Å². The van der Waals surface area contributed by atoms with Crippen molar-refractivity contribution in [1.82, 2.24) is 15.6 Å². The molecule has 0 bridgehead atoms. The van der Waals surface area contributed by atoms with E-state index in [0.717, 1.165) is 89.2 Å². The van der Waals surface area contributed by atoms with E-state index < -0.39 is 0 Å². The Morgan fingerprint density at radius 2 is 2.00 bits per heavy atom. The SMILES string of the molecule is CCNC(=NCc1ccc(N(CC)CC)nc1)NCCCOCC1CCOCC1. The van der Waals surface area contributed by atoms with Crippen LogP contribution in [0.5, 0.6) is 0 Å². The lowest BCUT2D eigenvalue weighted by atomic mass is 10.0. The summed E-state index contributed by atoms with van der Waals surface area (Å²) >= 11 is 0. The van der Waals surface area contributed by atoms with Gasteiger partial charge in [0.1, 0.15) is 5.82 Å². The molecule has 2 N–H and O–H groups in total. The minimum absolute atomic E-state index is 0.612. The molecule has 2 heterocycles. The normalized spacial score (nSPS) is 15.3. The van der Waals surface area contributed by atoms with Crippen molar-refractivity contribution in [2.75, 3.05) is 57.5 Å². The summed E-state index contributed by atoms with van der Waals surface area (Å²) in [5.74, 6) is 2.52. The van der Waals surface area contributed by atoms with Crippen molar-refractivity contribution in [2.24, 2.45) is 10.9 Å². The van der Waals surface area contributed by atoms with Gasteiger partial charge >= 0.3 is 0 Å². The number of aromatic nitrogens is 1. The highest BCUT2D eigenvalue weighted by Crippen LogP contribution is 2.14. The number of pyridine rings is 1. The van der Waals surface area contributed by atoms with E-state index in [2.05, 4.69) is 58.4 Å². The fourth-order valence-corrected chi connectivity index (χ4v) is 3.30. The van der Waals surface area contributed by atoms with Crippen LogP contribution in [0.3, 0.4) is 0 Å². The average Bonchev–Trinajstić information content (AvgIpc) is 2.77. The van der Waals surface area contributed by atoms with E-state index in [-0.39, 0.29) is 0 Å². The van der Waals surface area contributed by atoms with Crippen LogP contribution in [0, 0.1) is 5.92 Å². The van der Waals surface area contributed by atoms with Crippen LogP contribution < -0.4 is 15.5 Å². The van der Waals surface area contributed by atoms with Gasteiger partial charge in [0.2, 0.25) is 0 Å². The predicted molar refractivity (Wildman–Crippen MR) is 120 cm³/mol. The molecule has 7 nitrogen and oxygen atoms in total. The summed E-state index contributed by atoms with van der Waals surface area (Å²) in [5, 5.41) is 6.69. The highest BCUT2D eigenvalue weighted by molar-refractivity contribution is 5.79. The Labute approximate surface area is 176 Å². The zero-order chi connectivity index (χ0) is 20.7. The largest absolute Gasteiger partial charge is 0.381 e. The van der Waals surface area contributed by atoms with Crippen molar-refractivity contribution in [3.8, 4) is 0 Å². The quantitative estimate of drug-likeness (QED) is 0.317. The van der Waals surface area contributed by atoms with Gasteiger partial charge in [-0.05, 0) is 57.6 Å². The fraction of sp³-hybridized carbons (Fsp3) is 0.727. The number of ether oxygens (including phenoxy) is 2. The third-order valence-corrected chi connectivity index (χ3v) is 5.11. The number of aliphatic imine (C=N–C) groups is 1. The number of nitrogens with one attached hydrogen (secondary N) is 2. The van der Waals surface area contributed by atoms with Gasteiger partial charge in [-0.3, -0.25) is 0 Å². The highest BCUT2D eigenvalue weighted by atomic mass is 16.5. The van der Waals surface area contributed by atoms with Crippen LogP contribution in [0.1, 0.15) is 45.6 Å². The lowest BCUT2D eigenvalue weighted by molar-refractivity contribution is 0.0203. The first-order valence-corrected chi connectivity index (χ1v) is 11.1. The van der Waals surface area contributed by atoms with Crippen molar-refractivity contribution >= 4 is 11.8 Å². The van der Waals surface area contributed by atoms with Crippen LogP contribution in [-0.4, -0.2) is 63.6 Å². The van der Waals surface area contributed by atoms with Crippen molar-refractivity contribution in [3.63, 3.8) is 0 Å². The molecule has 0 amide bonds. The molecule has 7 heteroatoms. The second-order valence-corrected chi connectivity index (χ2v) is 7.30. The standard InChI is InChI=1S/C22H39N5O2/c1-4-23-22(24-12-7-13-29-18-19-10-14-28-15-11-19)26-17-20-8-9-21(25-16-20)27(5-2)6-3/h8-9,16,19H,4-7,10-15,17-18H2,1-3H3,(H2,23,24,26). The van der Waals surface area contributed by atoms with Crippen molar-refractivity contribution in [3.05, 3.63) is 23.9 Å². The lowest BCUT2D eigenvalue weighted by Gasteiger charge is -2.21. The molecule has 0 radical (unpaired) electrons. The van der Waals surface area contributed by atoms with E-state index in [4.69, 9.17) is 9.47 Å². The third-order valence-electron chi connectivity index (χ3n) is 5.11. The predicted octanol–water partition coefficient (Wildman–Crippen LogP) is 2.82. The van der Waals surface area contributed by atoms with Crippen LogP contribution in [0.4, 0.5) is 5.82 Å². The smallest absolute Gasteiger partial charge is 0.191 e. The van der Waals surface area contributed by atoms with E-state index in [1.54, 1.807) is 0 Å². The first-order chi connectivity index (χ1) is 14.3. The molecule has 1 fully saturated rings. The van der Waals surface area contributed by atoms with Crippen molar-refractivity contribution in [2.45, 2.75) is 46.6 Å². The summed E-state index contributed by atoms with van der Waals surface area (Å²) in [7, 11) is 0. The summed E-state index contributed by atoms with van der Waals surface area (Å²) in [6.07, 6.45) is 5.14. The molecular formula is C22H39N5O2. The minimum atomic E-state index is 0.612. The van der Waals surface area contributed by atoms with Crippen LogP contribution in [0.25, 0.3) is 0 Å². The third kappa shape index (κ3) is 9.00. The maximum absolute atomic E-state index is 5.83. The summed E-state index contributed by atoms with van der Waals surface area (Å²) in [4.78, 5) is 11.5. The Hall–Kier alpha value is -1.86. The molecule has 0 aromatic carbocycles. The maximum atomic E-state index is 5.83. The molecular weight excluding hydrogens is 366 g/mol. The zero-order valence-corrected chi connectivity index (χ0v) is 18.5. The molecule has 0 saturated carbocycles. The Morgan fingerprint density at radius 3 is 2.66 bits per heavy atom. The minimum Gasteiger partial charge on any atom is -0.381 e. The highest BCUT2D eigenvalue weighted by Gasteiger charge is 2.13. The van der Waals surface area contributed by atoms with Gasteiger partial charge in [0.15, 0.2) is 5.96 Å². The van der Waals surface area contributed by atoms with Crippen molar-refractivity contribution < 1.29 is 9.47 Å². The Morgan fingerprint density at radius 1 is 1.21 bits per heavy atom. The maximum Gasteiger partial charge on any atom is 0.191 e. The van der Waals surface area contributed by atoms with Gasteiger partial charge in [-0.15, -0.1) is 0 Å². The average molecular weight is 406 g/mol. The van der Waals surface area contributed by atoms with Gasteiger partial charge in [0.25, 0.3) is 0 Å². The second kappa shape index (κ2) is 14.2. The molecule has 2 rings (SSSR count). The number of anilines is 1. The molecule has 1 saturated heterocycles. The number of nitrogens with zero attached hydrogens (tertiary/aromatic N) is 3.